The van der Waals surface area contributed by atoms with Gasteiger partial charge in [0.15, 0.2) is 5.82 Å². The van der Waals surface area contributed by atoms with Gasteiger partial charge in [-0.05, 0) is 64.8 Å². The fourth-order valence-corrected chi connectivity index (χ4v) is 4.96. The van der Waals surface area contributed by atoms with E-state index < -0.39 is 0 Å². The molecule has 2 aromatic rings. The number of aryl methyl sites for hydroxylation is 2. The van der Waals surface area contributed by atoms with Crippen molar-refractivity contribution in [1.82, 2.24) is 24.3 Å². The van der Waals surface area contributed by atoms with Crippen LogP contribution in [0, 0.1) is 0 Å². The van der Waals surface area contributed by atoms with E-state index >= 15 is 0 Å². The van der Waals surface area contributed by atoms with Crippen LogP contribution in [0.15, 0.2) is 24.4 Å². The Bertz CT molecular complexity index is 821. The van der Waals surface area contributed by atoms with Gasteiger partial charge in [0.2, 0.25) is 0 Å². The summed E-state index contributed by atoms with van der Waals surface area (Å²) >= 11 is 0. The minimum atomic E-state index is 0.677. The molecule has 0 spiro atoms. The number of piperidine rings is 1. The number of likely N-dealkylation sites (tertiary alicyclic amines) is 1. The van der Waals surface area contributed by atoms with E-state index in [4.69, 9.17) is 9.97 Å². The van der Waals surface area contributed by atoms with Crippen molar-refractivity contribution in [2.45, 2.75) is 58.5 Å². The molecule has 0 saturated carbocycles. The van der Waals surface area contributed by atoms with E-state index in [0.717, 1.165) is 55.1 Å². The molecule has 6 nitrogen and oxygen atoms in total. The lowest BCUT2D eigenvalue weighted by atomic mass is 10.0. The third-order valence-electron chi connectivity index (χ3n) is 6.85. The van der Waals surface area contributed by atoms with E-state index in [1.807, 2.05) is 0 Å². The van der Waals surface area contributed by atoms with Crippen molar-refractivity contribution < 1.29 is 0 Å². The Kier molecular flexibility index (Phi) is 6.74. The van der Waals surface area contributed by atoms with Crippen LogP contribution >= 0.6 is 0 Å². The molecule has 30 heavy (non-hydrogen) atoms. The maximum absolute atomic E-state index is 5.00. The van der Waals surface area contributed by atoms with Crippen LogP contribution in [0.1, 0.15) is 45.7 Å². The lowest BCUT2D eigenvalue weighted by Crippen LogP contribution is -2.47. The van der Waals surface area contributed by atoms with Crippen molar-refractivity contribution in [3.05, 3.63) is 30.1 Å². The summed E-state index contributed by atoms with van der Waals surface area (Å²) in [4.78, 5) is 17.6. The first-order valence-corrected chi connectivity index (χ1v) is 11.8. The normalized spacial score (nSPS) is 20.1. The zero-order valence-corrected chi connectivity index (χ0v) is 19.2. The first-order valence-electron chi connectivity index (χ1n) is 11.8. The predicted octanol–water partition coefficient (Wildman–Crippen LogP) is 3.43. The van der Waals surface area contributed by atoms with Gasteiger partial charge >= 0.3 is 0 Å². The minimum absolute atomic E-state index is 0.677. The van der Waals surface area contributed by atoms with Gasteiger partial charge < -0.3 is 14.4 Å². The average molecular weight is 411 g/mol. The molecular formula is C24H38N6. The molecule has 6 heteroatoms. The van der Waals surface area contributed by atoms with Crippen molar-refractivity contribution in [1.29, 1.82) is 0 Å². The van der Waals surface area contributed by atoms with Crippen molar-refractivity contribution >= 4 is 5.82 Å². The average Bonchev–Trinajstić information content (AvgIpc) is 2.98. The van der Waals surface area contributed by atoms with E-state index in [1.54, 1.807) is 0 Å². The van der Waals surface area contributed by atoms with E-state index in [-0.39, 0.29) is 0 Å². The largest absolute Gasteiger partial charge is 0.355 e. The van der Waals surface area contributed by atoms with Crippen LogP contribution in [-0.2, 0) is 13.5 Å². The number of rotatable bonds is 5. The lowest BCUT2D eigenvalue weighted by Gasteiger charge is -2.39. The summed E-state index contributed by atoms with van der Waals surface area (Å²) in [6, 6.07) is 7.79. The van der Waals surface area contributed by atoms with Crippen LogP contribution < -0.4 is 4.90 Å². The summed E-state index contributed by atoms with van der Waals surface area (Å²) in [7, 11) is 2.06. The molecule has 0 aromatic carbocycles. The highest BCUT2D eigenvalue weighted by Gasteiger charge is 2.27. The van der Waals surface area contributed by atoms with Crippen LogP contribution in [0.2, 0.25) is 0 Å². The maximum Gasteiger partial charge on any atom is 0.158 e. The van der Waals surface area contributed by atoms with Crippen molar-refractivity contribution in [2.75, 3.05) is 44.2 Å². The minimum Gasteiger partial charge on any atom is -0.355 e. The van der Waals surface area contributed by atoms with Crippen molar-refractivity contribution in [3.8, 4) is 11.5 Å². The molecule has 0 radical (unpaired) electrons. The van der Waals surface area contributed by atoms with Crippen LogP contribution in [-0.4, -0.2) is 75.7 Å². The Morgan fingerprint density at radius 3 is 2.50 bits per heavy atom. The third kappa shape index (κ3) is 4.70. The zero-order chi connectivity index (χ0) is 21.1. The van der Waals surface area contributed by atoms with Gasteiger partial charge in [-0.15, -0.1) is 0 Å². The van der Waals surface area contributed by atoms with Crippen LogP contribution in [0.25, 0.3) is 11.5 Å². The molecule has 2 fully saturated rings. The number of hydrogen-bond donors (Lipinski definition) is 0. The summed E-state index contributed by atoms with van der Waals surface area (Å²) in [6.07, 6.45) is 6.89. The molecule has 0 unspecified atom stereocenters. The number of aromatic nitrogens is 3. The second-order valence-corrected chi connectivity index (χ2v) is 9.14. The smallest absolute Gasteiger partial charge is 0.158 e. The number of pyridine rings is 1. The fourth-order valence-electron chi connectivity index (χ4n) is 4.96. The summed E-state index contributed by atoms with van der Waals surface area (Å²) in [5.74, 6) is 2.05. The third-order valence-corrected chi connectivity index (χ3v) is 6.85. The Hall–Kier alpha value is -1.92. The maximum atomic E-state index is 5.00. The number of hydrogen-bond acceptors (Lipinski definition) is 5. The van der Waals surface area contributed by atoms with Crippen molar-refractivity contribution in [2.24, 2.45) is 7.05 Å². The molecule has 4 heterocycles. The van der Waals surface area contributed by atoms with Gasteiger partial charge in [-0.3, -0.25) is 4.90 Å². The van der Waals surface area contributed by atoms with E-state index in [2.05, 4.69) is 71.5 Å². The van der Waals surface area contributed by atoms with Gasteiger partial charge in [-0.1, -0.05) is 13.0 Å². The first-order chi connectivity index (χ1) is 14.5. The second kappa shape index (κ2) is 9.48. The Labute approximate surface area is 181 Å². The van der Waals surface area contributed by atoms with Crippen LogP contribution in [0.5, 0.6) is 0 Å². The molecule has 2 aliphatic heterocycles. The van der Waals surface area contributed by atoms with E-state index in [9.17, 15) is 0 Å². The number of anilines is 1. The molecule has 0 N–H and O–H groups in total. The predicted molar refractivity (Wildman–Crippen MR) is 124 cm³/mol. The highest BCUT2D eigenvalue weighted by Crippen LogP contribution is 2.23. The van der Waals surface area contributed by atoms with E-state index in [1.165, 1.54) is 38.9 Å². The SMILES string of the molecule is CCc1cn(C)c(-c2cccc(N3CCCN(C4CCN(C(C)C)CC4)CC3)n2)n1. The Balaban J connectivity index is 1.41. The summed E-state index contributed by atoms with van der Waals surface area (Å²) in [5, 5.41) is 0. The summed E-state index contributed by atoms with van der Waals surface area (Å²) in [5.41, 5.74) is 2.09. The molecule has 2 saturated heterocycles. The Morgan fingerprint density at radius 1 is 1.00 bits per heavy atom. The van der Waals surface area contributed by atoms with Gasteiger partial charge in [-0.25, -0.2) is 9.97 Å². The van der Waals surface area contributed by atoms with Gasteiger partial charge in [0.05, 0.1) is 5.69 Å². The van der Waals surface area contributed by atoms with Gasteiger partial charge in [0.25, 0.3) is 0 Å². The monoisotopic (exact) mass is 410 g/mol. The molecule has 2 aromatic heterocycles. The molecule has 4 rings (SSSR count). The van der Waals surface area contributed by atoms with Gasteiger partial charge in [0.1, 0.15) is 11.5 Å². The zero-order valence-electron chi connectivity index (χ0n) is 19.2. The molecule has 0 amide bonds. The lowest BCUT2D eigenvalue weighted by molar-refractivity contribution is 0.0965. The number of nitrogens with zero attached hydrogens (tertiary/aromatic N) is 6. The quantitative estimate of drug-likeness (QED) is 0.755. The fraction of sp³-hybridized carbons (Fsp3) is 0.667. The standard InChI is InChI=1S/C24H38N6/c1-5-20-18-27(4)24(25-20)22-8-6-9-23(26-22)30-13-7-12-29(16-17-30)21-10-14-28(15-11-21)19(2)3/h6,8-9,18-19,21H,5,7,10-17H2,1-4H3. The molecular weight excluding hydrogens is 372 g/mol. The number of imidazole rings is 1. The summed E-state index contributed by atoms with van der Waals surface area (Å²) < 4.78 is 2.10. The summed E-state index contributed by atoms with van der Waals surface area (Å²) in [6.45, 7) is 13.8. The molecule has 164 valence electrons. The molecule has 2 aliphatic rings. The highest BCUT2D eigenvalue weighted by atomic mass is 15.3. The van der Waals surface area contributed by atoms with E-state index in [0.29, 0.717) is 6.04 Å². The second-order valence-electron chi connectivity index (χ2n) is 9.14. The molecule has 0 bridgehead atoms. The molecule has 0 aliphatic carbocycles. The topological polar surface area (TPSA) is 40.4 Å². The highest BCUT2D eigenvalue weighted by molar-refractivity contribution is 5.55. The van der Waals surface area contributed by atoms with Crippen LogP contribution in [0.4, 0.5) is 5.82 Å². The van der Waals surface area contributed by atoms with Crippen LogP contribution in [0.3, 0.4) is 0 Å². The van der Waals surface area contributed by atoms with Gasteiger partial charge in [0, 0.05) is 51.5 Å². The molecule has 0 atom stereocenters. The van der Waals surface area contributed by atoms with Crippen molar-refractivity contribution in [3.63, 3.8) is 0 Å². The first kappa shape index (κ1) is 21.3. The Morgan fingerprint density at radius 2 is 1.80 bits per heavy atom. The van der Waals surface area contributed by atoms with Gasteiger partial charge in [-0.2, -0.15) is 0 Å².